The van der Waals surface area contributed by atoms with Crippen molar-refractivity contribution in [2.45, 2.75) is 13.0 Å². The number of nitrogens with one attached hydrogen (secondary N) is 1. The molecule has 0 aliphatic rings. The third-order valence-electron chi connectivity index (χ3n) is 3.44. The van der Waals surface area contributed by atoms with E-state index < -0.39 is 0 Å². The van der Waals surface area contributed by atoms with Crippen LogP contribution < -0.4 is 10.2 Å². The molecule has 112 valence electrons. The lowest BCUT2D eigenvalue weighted by atomic mass is 10.2. The van der Waals surface area contributed by atoms with Gasteiger partial charge in [-0.05, 0) is 37.3 Å². The van der Waals surface area contributed by atoms with Crippen molar-refractivity contribution < 1.29 is 4.42 Å². The van der Waals surface area contributed by atoms with Crippen molar-refractivity contribution in [2.24, 2.45) is 0 Å². The number of anilines is 3. The number of aromatic nitrogens is 2. The van der Waals surface area contributed by atoms with Crippen LogP contribution in [0.3, 0.4) is 0 Å². The zero-order chi connectivity index (χ0) is 15.4. The second kappa shape index (κ2) is 6.30. The monoisotopic (exact) mass is 294 g/mol. The summed E-state index contributed by atoms with van der Waals surface area (Å²) in [5, 5.41) is 3.25. The molecule has 1 aromatic carbocycles. The molecule has 5 heteroatoms. The van der Waals surface area contributed by atoms with Crippen LogP contribution in [0.4, 0.5) is 17.5 Å². The van der Waals surface area contributed by atoms with E-state index >= 15 is 0 Å². The van der Waals surface area contributed by atoms with E-state index in [1.807, 2.05) is 67.4 Å². The first-order valence-corrected chi connectivity index (χ1v) is 7.16. The number of para-hydroxylation sites is 1. The molecule has 0 aliphatic carbocycles. The van der Waals surface area contributed by atoms with Gasteiger partial charge in [0.1, 0.15) is 11.6 Å². The fourth-order valence-corrected chi connectivity index (χ4v) is 2.19. The van der Waals surface area contributed by atoms with Gasteiger partial charge < -0.3 is 14.6 Å². The Hall–Kier alpha value is -2.82. The summed E-state index contributed by atoms with van der Waals surface area (Å²) in [6.07, 6.45) is 3.41. The topological polar surface area (TPSA) is 54.2 Å². The molecule has 22 heavy (non-hydrogen) atoms. The Bertz CT molecular complexity index is 713. The molecule has 0 amide bonds. The van der Waals surface area contributed by atoms with Gasteiger partial charge >= 0.3 is 0 Å². The minimum atomic E-state index is 0.00674. The number of hydrogen-bond donors (Lipinski definition) is 1. The zero-order valence-electron chi connectivity index (χ0n) is 12.6. The first-order chi connectivity index (χ1) is 10.7. The van der Waals surface area contributed by atoms with Crippen LogP contribution >= 0.6 is 0 Å². The fraction of sp³-hybridized carbons (Fsp3) is 0.176. The third-order valence-corrected chi connectivity index (χ3v) is 3.44. The Morgan fingerprint density at radius 1 is 1.09 bits per heavy atom. The number of benzene rings is 1. The quantitative estimate of drug-likeness (QED) is 0.770. The molecule has 1 atom stereocenters. The van der Waals surface area contributed by atoms with Crippen LogP contribution in [0, 0.1) is 0 Å². The summed E-state index contributed by atoms with van der Waals surface area (Å²) < 4.78 is 5.39. The van der Waals surface area contributed by atoms with E-state index in [1.54, 1.807) is 12.5 Å². The van der Waals surface area contributed by atoms with Crippen molar-refractivity contribution in [3.05, 3.63) is 66.8 Å². The highest BCUT2D eigenvalue weighted by molar-refractivity contribution is 5.59. The standard InChI is InChI=1S/C17H18N4O/c1-13(15-9-6-12-22-15)19-17-18-11-10-16(20-17)21(2)14-7-4-3-5-8-14/h3-13H,1-2H3,(H,18,19,20)/t13-/m0/s1. The van der Waals surface area contributed by atoms with E-state index in [9.17, 15) is 0 Å². The number of nitrogens with zero attached hydrogens (tertiary/aromatic N) is 3. The maximum Gasteiger partial charge on any atom is 0.225 e. The van der Waals surface area contributed by atoms with Crippen molar-refractivity contribution in [3.63, 3.8) is 0 Å². The molecule has 0 bridgehead atoms. The van der Waals surface area contributed by atoms with Crippen molar-refractivity contribution in [1.82, 2.24) is 9.97 Å². The van der Waals surface area contributed by atoms with Crippen LogP contribution in [-0.4, -0.2) is 17.0 Å². The molecular weight excluding hydrogens is 276 g/mol. The zero-order valence-corrected chi connectivity index (χ0v) is 12.6. The summed E-state index contributed by atoms with van der Waals surface area (Å²) in [5.74, 6) is 2.25. The van der Waals surface area contributed by atoms with Gasteiger partial charge in [0, 0.05) is 18.9 Å². The molecule has 0 fully saturated rings. The molecule has 5 nitrogen and oxygen atoms in total. The summed E-state index contributed by atoms with van der Waals surface area (Å²) in [5.41, 5.74) is 1.08. The predicted octanol–water partition coefficient (Wildman–Crippen LogP) is 4.01. The van der Waals surface area contributed by atoms with E-state index in [4.69, 9.17) is 4.42 Å². The third kappa shape index (κ3) is 3.09. The molecule has 0 aliphatic heterocycles. The van der Waals surface area contributed by atoms with Gasteiger partial charge in [-0.2, -0.15) is 4.98 Å². The van der Waals surface area contributed by atoms with Crippen LogP contribution in [0.2, 0.25) is 0 Å². The van der Waals surface area contributed by atoms with Crippen LogP contribution in [0.15, 0.2) is 65.4 Å². The lowest BCUT2D eigenvalue weighted by Crippen LogP contribution is -2.14. The van der Waals surface area contributed by atoms with E-state index in [2.05, 4.69) is 15.3 Å². The van der Waals surface area contributed by atoms with Crippen LogP contribution in [0.25, 0.3) is 0 Å². The Balaban J connectivity index is 1.78. The number of rotatable bonds is 5. The molecular formula is C17H18N4O. The van der Waals surface area contributed by atoms with Gasteiger partial charge in [0.2, 0.25) is 5.95 Å². The van der Waals surface area contributed by atoms with Crippen molar-refractivity contribution >= 4 is 17.5 Å². The molecule has 3 aromatic rings. The lowest BCUT2D eigenvalue weighted by molar-refractivity contribution is 0.489. The smallest absolute Gasteiger partial charge is 0.225 e. The van der Waals surface area contributed by atoms with Gasteiger partial charge in [-0.3, -0.25) is 0 Å². The highest BCUT2D eigenvalue weighted by Crippen LogP contribution is 2.23. The largest absolute Gasteiger partial charge is 0.467 e. The summed E-state index contributed by atoms with van der Waals surface area (Å²) in [6, 6.07) is 15.8. The average Bonchev–Trinajstić information content (AvgIpc) is 3.10. The van der Waals surface area contributed by atoms with Gasteiger partial charge in [0.05, 0.1) is 12.3 Å². The van der Waals surface area contributed by atoms with Gasteiger partial charge in [0.25, 0.3) is 0 Å². The Morgan fingerprint density at radius 2 is 1.91 bits per heavy atom. The first-order valence-electron chi connectivity index (χ1n) is 7.16. The molecule has 0 saturated carbocycles. The summed E-state index contributed by atoms with van der Waals surface area (Å²) in [7, 11) is 1.98. The predicted molar refractivity (Wildman–Crippen MR) is 87.3 cm³/mol. The van der Waals surface area contributed by atoms with E-state index in [1.165, 1.54) is 0 Å². The van der Waals surface area contributed by atoms with E-state index in [0.717, 1.165) is 17.3 Å². The average molecular weight is 294 g/mol. The molecule has 1 N–H and O–H groups in total. The SMILES string of the molecule is C[C@H](Nc1nccc(N(C)c2ccccc2)n1)c1ccco1. The molecule has 2 heterocycles. The van der Waals surface area contributed by atoms with Gasteiger partial charge in [-0.25, -0.2) is 4.98 Å². The molecule has 3 rings (SSSR count). The van der Waals surface area contributed by atoms with Crippen LogP contribution in [0.1, 0.15) is 18.7 Å². The van der Waals surface area contributed by atoms with Crippen molar-refractivity contribution in [1.29, 1.82) is 0 Å². The highest BCUT2D eigenvalue weighted by atomic mass is 16.3. The normalized spacial score (nSPS) is 11.9. The van der Waals surface area contributed by atoms with Crippen LogP contribution in [0.5, 0.6) is 0 Å². The maximum absolute atomic E-state index is 5.39. The molecule has 0 spiro atoms. The molecule has 0 saturated heterocycles. The van der Waals surface area contributed by atoms with E-state index in [-0.39, 0.29) is 6.04 Å². The molecule has 2 aromatic heterocycles. The highest BCUT2D eigenvalue weighted by Gasteiger charge is 2.11. The fourth-order valence-electron chi connectivity index (χ4n) is 2.19. The van der Waals surface area contributed by atoms with Crippen LogP contribution in [-0.2, 0) is 0 Å². The summed E-state index contributed by atoms with van der Waals surface area (Å²) in [4.78, 5) is 10.9. The van der Waals surface area contributed by atoms with Gasteiger partial charge in [0.15, 0.2) is 0 Å². The van der Waals surface area contributed by atoms with E-state index in [0.29, 0.717) is 5.95 Å². The summed E-state index contributed by atoms with van der Waals surface area (Å²) >= 11 is 0. The molecule has 0 radical (unpaired) electrons. The Morgan fingerprint density at radius 3 is 2.64 bits per heavy atom. The number of hydrogen-bond acceptors (Lipinski definition) is 5. The van der Waals surface area contributed by atoms with Gasteiger partial charge in [-0.1, -0.05) is 18.2 Å². The minimum absolute atomic E-state index is 0.00674. The van der Waals surface area contributed by atoms with Crippen molar-refractivity contribution in [2.75, 3.05) is 17.3 Å². The Labute approximate surface area is 129 Å². The van der Waals surface area contributed by atoms with Gasteiger partial charge in [-0.15, -0.1) is 0 Å². The second-order valence-electron chi connectivity index (χ2n) is 5.01. The Kier molecular flexibility index (Phi) is 4.05. The number of furan rings is 1. The lowest BCUT2D eigenvalue weighted by Gasteiger charge is -2.19. The van der Waals surface area contributed by atoms with Crippen molar-refractivity contribution in [3.8, 4) is 0 Å². The first kappa shape index (κ1) is 14.1. The second-order valence-corrected chi connectivity index (χ2v) is 5.01. The summed E-state index contributed by atoms with van der Waals surface area (Å²) in [6.45, 7) is 2.01. The molecule has 0 unspecified atom stereocenters. The minimum Gasteiger partial charge on any atom is -0.467 e. The maximum atomic E-state index is 5.39.